The lowest BCUT2D eigenvalue weighted by molar-refractivity contribution is -0.0555. The highest BCUT2D eigenvalue weighted by atomic mass is 16.6. The topological polar surface area (TPSA) is 140 Å². The second-order valence-corrected chi connectivity index (χ2v) is 6.94. The van der Waals surface area contributed by atoms with Gasteiger partial charge in [0.05, 0.1) is 18.8 Å². The van der Waals surface area contributed by atoms with Crippen molar-refractivity contribution in [1.82, 2.24) is 19.1 Å². The molecule has 0 radical (unpaired) electrons. The quantitative estimate of drug-likeness (QED) is 0.491. The molecule has 30 heavy (non-hydrogen) atoms. The number of pyridine rings is 2. The number of nitrogens with zero attached hydrogens (tertiary/aromatic N) is 4. The van der Waals surface area contributed by atoms with E-state index in [-0.39, 0.29) is 6.54 Å². The van der Waals surface area contributed by atoms with Crippen LogP contribution in [0.15, 0.2) is 64.7 Å². The molecule has 1 aliphatic heterocycles. The predicted octanol–water partition coefficient (Wildman–Crippen LogP) is -0.873. The van der Waals surface area contributed by atoms with Crippen molar-refractivity contribution in [2.24, 2.45) is 0 Å². The van der Waals surface area contributed by atoms with Crippen LogP contribution in [0, 0.1) is 0 Å². The molecule has 1 saturated heterocycles. The maximum absolute atomic E-state index is 12.9. The van der Waals surface area contributed by atoms with Gasteiger partial charge in [-0.15, -0.1) is 0 Å². The van der Waals surface area contributed by atoms with E-state index in [2.05, 4.69) is 9.97 Å². The fourth-order valence-corrected chi connectivity index (χ4v) is 3.42. The minimum absolute atomic E-state index is 0.0958. The third-order valence-corrected chi connectivity index (χ3v) is 5.02. The van der Waals surface area contributed by atoms with E-state index in [1.165, 1.54) is 12.3 Å². The lowest BCUT2D eigenvalue weighted by atomic mass is 10.1. The third-order valence-electron chi connectivity index (χ3n) is 5.02. The lowest BCUT2D eigenvalue weighted by Crippen LogP contribution is -2.43. The fraction of sp³-hybridized carbons (Fsp3) is 0.300. The van der Waals surface area contributed by atoms with E-state index in [9.17, 15) is 24.9 Å². The van der Waals surface area contributed by atoms with Crippen LogP contribution in [0.1, 0.15) is 11.9 Å². The number of aromatic nitrogens is 4. The van der Waals surface area contributed by atoms with E-state index in [0.29, 0.717) is 5.69 Å². The first kappa shape index (κ1) is 20.1. The molecule has 2 unspecified atom stereocenters. The van der Waals surface area contributed by atoms with Crippen molar-refractivity contribution < 1.29 is 20.1 Å². The monoisotopic (exact) mass is 412 g/mol. The van der Waals surface area contributed by atoms with Gasteiger partial charge in [0.15, 0.2) is 6.23 Å². The number of hydrogen-bond donors (Lipinski definition) is 3. The Bertz CT molecular complexity index is 1150. The number of rotatable bonds is 5. The van der Waals surface area contributed by atoms with Gasteiger partial charge in [-0.3, -0.25) is 23.9 Å². The number of hydrogen-bond acceptors (Lipinski definition) is 8. The standard InChI is InChI=1S/C20H20N4O6/c25-11-15-17(27)18(28)19(30-15)23-7-4-16(26)24(20(23)29)10-14-8-12(3-6-22-14)13-2-1-5-21-9-13/h1-9,15,17-19,25,27-28H,10-11H2/t15-,17?,18?,19-/m1/s1. The molecule has 3 aromatic rings. The van der Waals surface area contributed by atoms with Crippen LogP contribution in [0.2, 0.25) is 0 Å². The molecule has 4 heterocycles. The van der Waals surface area contributed by atoms with Crippen LogP contribution in [-0.4, -0.2) is 59.3 Å². The zero-order valence-corrected chi connectivity index (χ0v) is 15.8. The first-order valence-corrected chi connectivity index (χ1v) is 9.29. The highest BCUT2D eigenvalue weighted by molar-refractivity contribution is 5.62. The van der Waals surface area contributed by atoms with E-state index in [1.54, 1.807) is 36.8 Å². The largest absolute Gasteiger partial charge is 0.394 e. The molecule has 0 spiro atoms. The highest BCUT2D eigenvalue weighted by Crippen LogP contribution is 2.27. The molecule has 3 aromatic heterocycles. The van der Waals surface area contributed by atoms with Gasteiger partial charge in [-0.05, 0) is 23.8 Å². The molecule has 1 aliphatic rings. The minimum atomic E-state index is -1.43. The smallest absolute Gasteiger partial charge is 0.333 e. The second kappa shape index (κ2) is 8.28. The summed E-state index contributed by atoms with van der Waals surface area (Å²) < 4.78 is 7.39. The summed E-state index contributed by atoms with van der Waals surface area (Å²) >= 11 is 0. The van der Waals surface area contributed by atoms with Crippen LogP contribution < -0.4 is 11.2 Å². The van der Waals surface area contributed by atoms with Crippen molar-refractivity contribution in [1.29, 1.82) is 0 Å². The minimum Gasteiger partial charge on any atom is -0.394 e. The summed E-state index contributed by atoms with van der Waals surface area (Å²) in [5.41, 5.74) is 0.906. The second-order valence-electron chi connectivity index (χ2n) is 6.94. The molecule has 4 atom stereocenters. The molecule has 10 nitrogen and oxygen atoms in total. The van der Waals surface area contributed by atoms with Crippen molar-refractivity contribution in [2.45, 2.75) is 31.1 Å². The van der Waals surface area contributed by atoms with Crippen LogP contribution in [-0.2, 0) is 11.3 Å². The summed E-state index contributed by atoms with van der Waals surface area (Å²) in [7, 11) is 0. The molecule has 0 amide bonds. The van der Waals surface area contributed by atoms with E-state index in [1.807, 2.05) is 6.07 Å². The summed E-state index contributed by atoms with van der Waals surface area (Å²) in [4.78, 5) is 33.6. The number of ether oxygens (including phenoxy) is 1. The first-order valence-electron chi connectivity index (χ1n) is 9.29. The molecule has 0 saturated carbocycles. The van der Waals surface area contributed by atoms with Crippen LogP contribution in [0.3, 0.4) is 0 Å². The Morgan fingerprint density at radius 1 is 1.07 bits per heavy atom. The Kier molecular flexibility index (Phi) is 5.55. The molecule has 156 valence electrons. The Hall–Kier alpha value is -3.18. The molecular formula is C20H20N4O6. The molecule has 10 heteroatoms. The molecule has 0 aromatic carbocycles. The van der Waals surface area contributed by atoms with Crippen LogP contribution in [0.4, 0.5) is 0 Å². The van der Waals surface area contributed by atoms with E-state index >= 15 is 0 Å². The van der Waals surface area contributed by atoms with Crippen molar-refractivity contribution in [2.75, 3.05) is 6.61 Å². The summed E-state index contributed by atoms with van der Waals surface area (Å²) in [5.74, 6) is 0. The van der Waals surface area contributed by atoms with Gasteiger partial charge in [-0.1, -0.05) is 6.07 Å². The molecule has 0 bridgehead atoms. The zero-order valence-electron chi connectivity index (χ0n) is 15.8. The average Bonchev–Trinajstić information content (AvgIpc) is 3.06. The highest BCUT2D eigenvalue weighted by Gasteiger charge is 2.43. The maximum Gasteiger partial charge on any atom is 0.333 e. The lowest BCUT2D eigenvalue weighted by Gasteiger charge is -2.18. The zero-order chi connectivity index (χ0) is 21.3. The van der Waals surface area contributed by atoms with Crippen LogP contribution >= 0.6 is 0 Å². The Morgan fingerprint density at radius 3 is 2.60 bits per heavy atom. The maximum atomic E-state index is 12.9. The SMILES string of the molecule is O=c1ccn([C@@H]2O[C@H](CO)C(O)C2O)c(=O)n1Cc1cc(-c2cccnc2)ccn1. The molecule has 1 fully saturated rings. The van der Waals surface area contributed by atoms with Crippen molar-refractivity contribution in [3.8, 4) is 11.1 Å². The fourth-order valence-electron chi connectivity index (χ4n) is 3.42. The Morgan fingerprint density at radius 2 is 1.90 bits per heavy atom. The van der Waals surface area contributed by atoms with Gasteiger partial charge in [-0.25, -0.2) is 4.79 Å². The average molecular weight is 412 g/mol. The summed E-state index contributed by atoms with van der Waals surface area (Å²) in [6.07, 6.45) is 1.08. The summed E-state index contributed by atoms with van der Waals surface area (Å²) in [6.45, 7) is -0.615. The summed E-state index contributed by atoms with van der Waals surface area (Å²) in [5, 5.41) is 29.4. The number of aliphatic hydroxyl groups excluding tert-OH is 3. The van der Waals surface area contributed by atoms with Crippen LogP contribution in [0.5, 0.6) is 0 Å². The molecule has 4 rings (SSSR count). The normalized spacial score (nSPS) is 23.6. The Labute approximate surface area is 170 Å². The van der Waals surface area contributed by atoms with Gasteiger partial charge >= 0.3 is 5.69 Å². The van der Waals surface area contributed by atoms with Crippen molar-refractivity contribution in [3.63, 3.8) is 0 Å². The van der Waals surface area contributed by atoms with E-state index in [4.69, 9.17) is 4.74 Å². The van der Waals surface area contributed by atoms with Gasteiger partial charge in [-0.2, -0.15) is 0 Å². The van der Waals surface area contributed by atoms with Gasteiger partial charge in [0, 0.05) is 36.4 Å². The van der Waals surface area contributed by atoms with Gasteiger partial charge in [0.2, 0.25) is 0 Å². The predicted molar refractivity (Wildman–Crippen MR) is 105 cm³/mol. The van der Waals surface area contributed by atoms with Crippen molar-refractivity contribution in [3.05, 3.63) is 81.7 Å². The molecular weight excluding hydrogens is 392 g/mol. The van der Waals surface area contributed by atoms with E-state index in [0.717, 1.165) is 20.3 Å². The third kappa shape index (κ3) is 3.68. The van der Waals surface area contributed by atoms with Gasteiger partial charge in [0.25, 0.3) is 5.56 Å². The number of aliphatic hydroxyl groups is 3. The summed E-state index contributed by atoms with van der Waals surface area (Å²) in [6, 6.07) is 8.41. The molecule has 0 aliphatic carbocycles. The van der Waals surface area contributed by atoms with Crippen LogP contribution in [0.25, 0.3) is 11.1 Å². The van der Waals surface area contributed by atoms with Gasteiger partial charge < -0.3 is 20.1 Å². The molecule has 3 N–H and O–H groups in total. The Balaban J connectivity index is 1.67. The van der Waals surface area contributed by atoms with Crippen molar-refractivity contribution >= 4 is 0 Å². The van der Waals surface area contributed by atoms with Gasteiger partial charge in [0.1, 0.15) is 18.3 Å². The van der Waals surface area contributed by atoms with E-state index < -0.39 is 42.4 Å². The first-order chi connectivity index (χ1) is 14.5.